The van der Waals surface area contributed by atoms with Crippen LogP contribution in [-0.4, -0.2) is 17.6 Å². The molecule has 0 bridgehead atoms. The normalized spacial score (nSPS) is 18.1. The summed E-state index contributed by atoms with van der Waals surface area (Å²) in [5, 5.41) is 5.57. The van der Waals surface area contributed by atoms with Crippen LogP contribution in [0.4, 0.5) is 0 Å². The van der Waals surface area contributed by atoms with Crippen molar-refractivity contribution >= 4 is 40.7 Å². The van der Waals surface area contributed by atoms with E-state index in [0.29, 0.717) is 11.3 Å². The first-order valence-electron chi connectivity index (χ1n) is 4.32. The Morgan fingerprint density at radius 3 is 3.07 bits per heavy atom. The molecule has 0 aliphatic carbocycles. The smallest absolute Gasteiger partial charge is 0.312 e. The molecule has 0 spiro atoms. The minimum Gasteiger partial charge on any atom is -0.312 e. The molecule has 0 unspecified atom stereocenters. The highest BCUT2D eigenvalue weighted by Crippen LogP contribution is 2.22. The highest BCUT2D eigenvalue weighted by atomic mass is 35.5. The van der Waals surface area contributed by atoms with Crippen LogP contribution in [0.15, 0.2) is 22.2 Å². The van der Waals surface area contributed by atoms with E-state index in [4.69, 9.17) is 11.6 Å². The molecule has 0 radical (unpaired) electrons. The topological polar surface area (TPSA) is 38.7 Å². The second-order valence-electron chi connectivity index (χ2n) is 3.08. The maximum Gasteiger partial charge on any atom is 0.367 e. The van der Waals surface area contributed by atoms with Crippen molar-refractivity contribution in [3.05, 3.63) is 27.5 Å². The van der Waals surface area contributed by atoms with Crippen molar-refractivity contribution in [3.8, 4) is 0 Å². The number of oxime groups is 1. The second kappa shape index (κ2) is 4.16. The Kier molecular flexibility index (Phi) is 2.88. The largest absolute Gasteiger partial charge is 0.367 e. The summed E-state index contributed by atoms with van der Waals surface area (Å²) in [6.07, 6.45) is 1.77. The Morgan fingerprint density at radius 2 is 2.47 bits per heavy atom. The average molecular weight is 242 g/mol. The van der Waals surface area contributed by atoms with E-state index in [2.05, 4.69) is 9.99 Å². The van der Waals surface area contributed by atoms with Crippen LogP contribution < -0.4 is 0 Å². The molecule has 0 N–H and O–H groups in total. The summed E-state index contributed by atoms with van der Waals surface area (Å²) in [4.78, 5) is 16.9. The summed E-state index contributed by atoms with van der Waals surface area (Å²) >= 11 is 7.22. The zero-order valence-corrected chi connectivity index (χ0v) is 9.56. The monoisotopic (exact) mass is 241 g/mol. The van der Waals surface area contributed by atoms with Gasteiger partial charge in [-0.15, -0.1) is 22.9 Å². The van der Waals surface area contributed by atoms with Crippen LogP contribution in [-0.2, 0) is 9.63 Å². The second-order valence-corrected chi connectivity index (χ2v) is 4.29. The number of nitrogens with zero attached hydrogens (tertiary/aromatic N) is 1. The maximum absolute atomic E-state index is 11.3. The third kappa shape index (κ3) is 1.96. The molecule has 2 heterocycles. The van der Waals surface area contributed by atoms with Gasteiger partial charge in [0, 0.05) is 4.88 Å². The molecule has 0 aromatic carbocycles. The average Bonchev–Trinajstić information content (AvgIpc) is 2.77. The fraction of sp³-hybridized carbons (Fsp3) is 0.200. The van der Waals surface area contributed by atoms with E-state index in [1.807, 2.05) is 18.4 Å². The molecule has 1 aliphatic heterocycles. The Bertz CT molecular complexity index is 462. The summed E-state index contributed by atoms with van der Waals surface area (Å²) in [6, 6.07) is 1.99. The molecular formula is C10H8ClNO2S. The molecule has 3 nitrogen and oxygen atoms in total. The highest BCUT2D eigenvalue weighted by Gasteiger charge is 2.24. The molecule has 78 valence electrons. The maximum atomic E-state index is 11.3. The van der Waals surface area contributed by atoms with E-state index < -0.39 is 5.97 Å². The summed E-state index contributed by atoms with van der Waals surface area (Å²) in [6.45, 7) is 1.99. The van der Waals surface area contributed by atoms with Crippen LogP contribution in [0.2, 0.25) is 0 Å². The molecule has 15 heavy (non-hydrogen) atoms. The van der Waals surface area contributed by atoms with Gasteiger partial charge in [-0.3, -0.25) is 0 Å². The number of aryl methyl sites for hydroxylation is 1. The number of thiophene rings is 1. The van der Waals surface area contributed by atoms with Crippen LogP contribution in [0.25, 0.3) is 6.08 Å². The fourth-order valence-electron chi connectivity index (χ4n) is 1.21. The van der Waals surface area contributed by atoms with Crippen molar-refractivity contribution in [2.75, 3.05) is 5.88 Å². The van der Waals surface area contributed by atoms with E-state index in [-0.39, 0.29) is 5.88 Å². The van der Waals surface area contributed by atoms with Gasteiger partial charge in [-0.1, -0.05) is 5.16 Å². The molecule has 1 aliphatic rings. The molecule has 2 rings (SSSR count). The van der Waals surface area contributed by atoms with Crippen molar-refractivity contribution in [1.29, 1.82) is 0 Å². The predicted octanol–water partition coefficient (Wildman–Crippen LogP) is 2.59. The first-order chi connectivity index (χ1) is 7.22. The summed E-state index contributed by atoms with van der Waals surface area (Å²) in [7, 11) is 0. The van der Waals surface area contributed by atoms with Crippen LogP contribution in [0.3, 0.4) is 0 Å². The summed E-state index contributed by atoms with van der Waals surface area (Å²) in [5.74, 6) is -0.249. The number of alkyl halides is 1. The van der Waals surface area contributed by atoms with Crippen molar-refractivity contribution in [3.63, 3.8) is 0 Å². The SMILES string of the molecule is Cc1ccsc1C=C1C(=O)ON=C1CCl. The lowest BCUT2D eigenvalue weighted by Crippen LogP contribution is -2.06. The Labute approximate surface area is 96.0 Å². The van der Waals surface area contributed by atoms with Crippen LogP contribution in [0.5, 0.6) is 0 Å². The molecule has 1 aromatic heterocycles. The number of hydrogen-bond donors (Lipinski definition) is 0. The van der Waals surface area contributed by atoms with Crippen LogP contribution in [0, 0.1) is 6.92 Å². The lowest BCUT2D eigenvalue weighted by atomic mass is 10.1. The Morgan fingerprint density at radius 1 is 1.67 bits per heavy atom. The molecule has 0 saturated carbocycles. The lowest BCUT2D eigenvalue weighted by molar-refractivity contribution is -0.136. The Balaban J connectivity index is 2.38. The number of carbonyl (C=O) groups excluding carboxylic acids is 1. The van der Waals surface area contributed by atoms with Gasteiger partial charge in [0.05, 0.1) is 11.5 Å². The number of rotatable bonds is 2. The van der Waals surface area contributed by atoms with Gasteiger partial charge in [0.1, 0.15) is 5.71 Å². The van der Waals surface area contributed by atoms with Crippen molar-refractivity contribution < 1.29 is 9.63 Å². The van der Waals surface area contributed by atoms with Gasteiger partial charge < -0.3 is 4.84 Å². The highest BCUT2D eigenvalue weighted by molar-refractivity contribution is 7.11. The van der Waals surface area contributed by atoms with Crippen molar-refractivity contribution in [2.24, 2.45) is 5.16 Å². The van der Waals surface area contributed by atoms with Gasteiger partial charge in [0.15, 0.2) is 0 Å². The van der Waals surface area contributed by atoms with Gasteiger partial charge >= 0.3 is 5.97 Å². The molecule has 5 heteroatoms. The van der Waals surface area contributed by atoms with Gasteiger partial charge in [-0.05, 0) is 30.0 Å². The minimum absolute atomic E-state index is 0.183. The molecule has 0 amide bonds. The first kappa shape index (κ1) is 10.4. The zero-order valence-electron chi connectivity index (χ0n) is 7.99. The van der Waals surface area contributed by atoms with Gasteiger partial charge in [0.25, 0.3) is 0 Å². The van der Waals surface area contributed by atoms with E-state index in [9.17, 15) is 4.79 Å². The standard InChI is InChI=1S/C10H8ClNO2S/c1-6-2-3-15-9(6)4-7-8(5-11)12-14-10(7)13/h2-4H,5H2,1H3. The quantitative estimate of drug-likeness (QED) is 0.454. The lowest BCUT2D eigenvalue weighted by Gasteiger charge is -1.94. The van der Waals surface area contributed by atoms with E-state index in [0.717, 1.165) is 10.4 Å². The first-order valence-corrected chi connectivity index (χ1v) is 5.74. The summed E-state index contributed by atoms with van der Waals surface area (Å²) < 4.78 is 0. The fourth-order valence-corrected chi connectivity index (χ4v) is 2.27. The number of carbonyl (C=O) groups is 1. The minimum atomic E-state index is -0.432. The third-order valence-electron chi connectivity index (χ3n) is 2.07. The Hall–Kier alpha value is -1.13. The zero-order chi connectivity index (χ0) is 10.8. The van der Waals surface area contributed by atoms with Gasteiger partial charge in [0.2, 0.25) is 0 Å². The summed E-state index contributed by atoms with van der Waals surface area (Å²) in [5.41, 5.74) is 2.08. The van der Waals surface area contributed by atoms with E-state index in [1.165, 1.54) is 0 Å². The molecule has 0 atom stereocenters. The van der Waals surface area contributed by atoms with Gasteiger partial charge in [-0.25, -0.2) is 4.79 Å². The molecule has 0 fully saturated rings. The van der Waals surface area contributed by atoms with E-state index in [1.54, 1.807) is 17.4 Å². The molecule has 1 aromatic rings. The van der Waals surface area contributed by atoms with E-state index >= 15 is 0 Å². The number of hydrogen-bond acceptors (Lipinski definition) is 4. The van der Waals surface area contributed by atoms with Crippen molar-refractivity contribution in [1.82, 2.24) is 0 Å². The predicted molar refractivity (Wildman–Crippen MR) is 61.3 cm³/mol. The van der Waals surface area contributed by atoms with Crippen LogP contribution in [0.1, 0.15) is 10.4 Å². The van der Waals surface area contributed by atoms with Crippen molar-refractivity contribution in [2.45, 2.75) is 6.92 Å². The third-order valence-corrected chi connectivity index (χ3v) is 3.29. The van der Waals surface area contributed by atoms with Gasteiger partial charge in [-0.2, -0.15) is 0 Å². The molecule has 0 saturated heterocycles. The molecular weight excluding hydrogens is 234 g/mol. The van der Waals surface area contributed by atoms with Crippen LogP contribution >= 0.6 is 22.9 Å². The number of halogens is 1.